The molecule has 148 valence electrons. The van der Waals surface area contributed by atoms with Crippen molar-refractivity contribution < 1.29 is 14.3 Å². The lowest BCUT2D eigenvalue weighted by Gasteiger charge is -2.29. The van der Waals surface area contributed by atoms with Gasteiger partial charge in [0.1, 0.15) is 6.10 Å². The second kappa shape index (κ2) is 8.45. The van der Waals surface area contributed by atoms with E-state index in [1.807, 2.05) is 18.2 Å². The van der Waals surface area contributed by atoms with Crippen LogP contribution < -0.4 is 10.6 Å². The van der Waals surface area contributed by atoms with E-state index in [2.05, 4.69) is 34.2 Å². The van der Waals surface area contributed by atoms with Crippen LogP contribution in [-0.2, 0) is 27.2 Å². The lowest BCUT2D eigenvalue weighted by molar-refractivity contribution is -0.123. The van der Waals surface area contributed by atoms with Crippen LogP contribution in [0.2, 0.25) is 0 Å². The van der Waals surface area contributed by atoms with Crippen molar-refractivity contribution >= 4 is 23.2 Å². The summed E-state index contributed by atoms with van der Waals surface area (Å²) in [4.78, 5) is 25.6. The largest absolute Gasteiger partial charge is 0.371 e. The van der Waals surface area contributed by atoms with Gasteiger partial charge in [0.2, 0.25) is 11.8 Å². The minimum Gasteiger partial charge on any atom is -0.371 e. The summed E-state index contributed by atoms with van der Waals surface area (Å²) in [7, 11) is 0. The van der Waals surface area contributed by atoms with Crippen LogP contribution in [0.15, 0.2) is 41.8 Å². The van der Waals surface area contributed by atoms with Crippen molar-refractivity contribution in [1.29, 1.82) is 0 Å². The van der Waals surface area contributed by atoms with Crippen LogP contribution in [0.4, 0.5) is 0 Å². The summed E-state index contributed by atoms with van der Waals surface area (Å²) in [5.41, 5.74) is 2.18. The average molecular weight is 399 g/mol. The maximum absolute atomic E-state index is 12.5. The molecule has 0 bridgehead atoms. The molecule has 1 aromatic carbocycles. The molecule has 1 saturated heterocycles. The van der Waals surface area contributed by atoms with Gasteiger partial charge >= 0.3 is 0 Å². The highest BCUT2D eigenvalue weighted by molar-refractivity contribution is 7.09. The van der Waals surface area contributed by atoms with Crippen LogP contribution in [0.25, 0.3) is 0 Å². The van der Waals surface area contributed by atoms with E-state index in [1.165, 1.54) is 16.0 Å². The number of hydrogen-bond acceptors (Lipinski definition) is 4. The molecular formula is C22H26N2O3S. The molecule has 0 unspecified atom stereocenters. The first-order valence-electron chi connectivity index (χ1n) is 9.93. The van der Waals surface area contributed by atoms with Crippen molar-refractivity contribution in [1.82, 2.24) is 10.6 Å². The fourth-order valence-corrected chi connectivity index (χ4v) is 5.07. The number of rotatable bonds is 7. The summed E-state index contributed by atoms with van der Waals surface area (Å²) in [6.45, 7) is 1.17. The summed E-state index contributed by atoms with van der Waals surface area (Å²) >= 11 is 1.70. The topological polar surface area (TPSA) is 67.4 Å². The molecule has 0 saturated carbocycles. The maximum atomic E-state index is 12.5. The number of carbonyl (C=O) groups excluding carboxylic acids is 2. The van der Waals surface area contributed by atoms with E-state index in [0.717, 1.165) is 19.3 Å². The van der Waals surface area contributed by atoms with Gasteiger partial charge < -0.3 is 15.4 Å². The van der Waals surface area contributed by atoms with E-state index in [1.54, 1.807) is 11.3 Å². The minimum atomic E-state index is -0.298. The van der Waals surface area contributed by atoms with Crippen molar-refractivity contribution in [3.8, 4) is 0 Å². The fourth-order valence-electron chi connectivity index (χ4n) is 4.22. The third kappa shape index (κ3) is 4.45. The second-order valence-electron chi connectivity index (χ2n) is 7.70. The lowest BCUT2D eigenvalue weighted by atomic mass is 9.87. The number of nitrogens with one attached hydrogen (secondary N) is 2. The zero-order valence-electron chi connectivity index (χ0n) is 15.9. The Hall–Kier alpha value is -2.18. The first kappa shape index (κ1) is 19.2. The molecule has 0 aliphatic carbocycles. The van der Waals surface area contributed by atoms with E-state index in [0.29, 0.717) is 32.4 Å². The van der Waals surface area contributed by atoms with E-state index in [4.69, 9.17) is 4.74 Å². The third-order valence-corrected chi connectivity index (χ3v) is 6.61. The van der Waals surface area contributed by atoms with Gasteiger partial charge in [0.25, 0.3) is 0 Å². The summed E-state index contributed by atoms with van der Waals surface area (Å²) in [6, 6.07) is 12.4. The normalized spacial score (nSPS) is 23.9. The molecule has 2 N–H and O–H groups in total. The molecule has 4 rings (SSSR count). The predicted octanol–water partition coefficient (Wildman–Crippen LogP) is 3.15. The summed E-state index contributed by atoms with van der Waals surface area (Å²) in [5.74, 6) is 0.0996. The van der Waals surface area contributed by atoms with Gasteiger partial charge in [-0.1, -0.05) is 30.3 Å². The smallest absolute Gasteiger partial charge is 0.220 e. The van der Waals surface area contributed by atoms with Gasteiger partial charge in [-0.05, 0) is 41.8 Å². The Morgan fingerprint density at radius 1 is 1.25 bits per heavy atom. The molecule has 1 aromatic heterocycles. The number of carbonyl (C=O) groups is 2. The molecular weight excluding hydrogens is 372 g/mol. The quantitative estimate of drug-likeness (QED) is 0.753. The van der Waals surface area contributed by atoms with Gasteiger partial charge in [-0.15, -0.1) is 11.3 Å². The maximum Gasteiger partial charge on any atom is 0.220 e. The molecule has 2 aliphatic rings. The molecule has 0 spiro atoms. The zero-order chi connectivity index (χ0) is 19.4. The van der Waals surface area contributed by atoms with Crippen LogP contribution in [0.1, 0.15) is 47.8 Å². The van der Waals surface area contributed by atoms with Crippen LogP contribution >= 0.6 is 11.3 Å². The SMILES string of the molecule is O=C(CC[C@]1(Cc2cccs2)CCC(=O)N1)NC[C@H]1OCCc2ccccc21. The lowest BCUT2D eigenvalue weighted by Crippen LogP contribution is -2.44. The minimum absolute atomic E-state index is 0.0124. The van der Waals surface area contributed by atoms with Crippen molar-refractivity contribution in [2.75, 3.05) is 13.2 Å². The van der Waals surface area contributed by atoms with E-state index < -0.39 is 0 Å². The predicted molar refractivity (Wildman–Crippen MR) is 109 cm³/mol. The van der Waals surface area contributed by atoms with Crippen molar-refractivity contribution in [2.24, 2.45) is 0 Å². The van der Waals surface area contributed by atoms with E-state index >= 15 is 0 Å². The summed E-state index contributed by atoms with van der Waals surface area (Å²) in [6.07, 6.45) is 4.02. The Morgan fingerprint density at radius 3 is 2.93 bits per heavy atom. The van der Waals surface area contributed by atoms with Crippen LogP contribution in [0, 0.1) is 0 Å². The van der Waals surface area contributed by atoms with Crippen molar-refractivity contribution in [3.63, 3.8) is 0 Å². The molecule has 2 aliphatic heterocycles. The molecule has 1 fully saturated rings. The first-order valence-corrected chi connectivity index (χ1v) is 10.8. The molecule has 0 radical (unpaired) electrons. The Morgan fingerprint density at radius 2 is 2.14 bits per heavy atom. The molecule has 2 amide bonds. The average Bonchev–Trinajstić information content (AvgIpc) is 3.35. The second-order valence-corrected chi connectivity index (χ2v) is 8.73. The Bertz CT molecular complexity index is 836. The standard InChI is InChI=1S/C22H26N2O3S/c25-20(23-15-19-18-6-2-1-4-16(18)9-12-27-19)7-10-22(11-8-21(26)24-22)14-17-5-3-13-28-17/h1-6,13,19H,7-12,14-15H2,(H,23,25)(H,24,26)/t19-,22-/m1/s1. The molecule has 2 atom stereocenters. The van der Waals surface area contributed by atoms with Gasteiger partial charge in [-0.25, -0.2) is 0 Å². The molecule has 28 heavy (non-hydrogen) atoms. The van der Waals surface area contributed by atoms with E-state index in [9.17, 15) is 9.59 Å². The highest BCUT2D eigenvalue weighted by Crippen LogP contribution is 2.31. The van der Waals surface area contributed by atoms with Gasteiger partial charge in [0, 0.05) is 36.2 Å². The highest BCUT2D eigenvalue weighted by Gasteiger charge is 2.38. The van der Waals surface area contributed by atoms with Crippen LogP contribution in [0.3, 0.4) is 0 Å². The first-order chi connectivity index (χ1) is 13.6. The number of ether oxygens (including phenoxy) is 1. The van der Waals surface area contributed by atoms with Crippen molar-refractivity contribution in [2.45, 2.75) is 50.2 Å². The number of amides is 2. The van der Waals surface area contributed by atoms with Crippen molar-refractivity contribution in [3.05, 3.63) is 57.8 Å². The Kier molecular flexibility index (Phi) is 5.78. The molecule has 6 heteroatoms. The molecule has 3 heterocycles. The number of hydrogen-bond donors (Lipinski definition) is 2. The number of thiophene rings is 1. The molecule has 2 aromatic rings. The van der Waals surface area contributed by atoms with Gasteiger partial charge in [-0.3, -0.25) is 9.59 Å². The third-order valence-electron chi connectivity index (χ3n) is 5.74. The summed E-state index contributed by atoms with van der Waals surface area (Å²) in [5, 5.41) is 8.22. The van der Waals surface area contributed by atoms with Gasteiger partial charge in [0.15, 0.2) is 0 Å². The Balaban J connectivity index is 1.32. The van der Waals surface area contributed by atoms with Crippen LogP contribution in [0.5, 0.6) is 0 Å². The number of fused-ring (bicyclic) bond motifs is 1. The Labute approximate surface area is 169 Å². The number of benzene rings is 1. The van der Waals surface area contributed by atoms with Crippen LogP contribution in [-0.4, -0.2) is 30.5 Å². The monoisotopic (exact) mass is 398 g/mol. The highest BCUT2D eigenvalue weighted by atomic mass is 32.1. The van der Waals surface area contributed by atoms with Gasteiger partial charge in [0.05, 0.1) is 6.61 Å². The van der Waals surface area contributed by atoms with E-state index in [-0.39, 0.29) is 23.5 Å². The van der Waals surface area contributed by atoms with Gasteiger partial charge in [-0.2, -0.15) is 0 Å². The summed E-state index contributed by atoms with van der Waals surface area (Å²) < 4.78 is 5.87. The molecule has 5 nitrogen and oxygen atoms in total. The fraction of sp³-hybridized carbons (Fsp3) is 0.455. The zero-order valence-corrected chi connectivity index (χ0v) is 16.7.